The average molecular weight is 196 g/mol. The van der Waals surface area contributed by atoms with E-state index in [1.807, 2.05) is 0 Å². The zero-order chi connectivity index (χ0) is 10.9. The summed E-state index contributed by atoms with van der Waals surface area (Å²) in [6.07, 6.45) is 4.24. The highest BCUT2D eigenvalue weighted by Crippen LogP contribution is 2.50. The zero-order valence-corrected chi connectivity index (χ0v) is 10.9. The molecule has 0 N–H and O–H groups in total. The van der Waals surface area contributed by atoms with Crippen LogP contribution in [-0.4, -0.2) is 0 Å². The van der Waals surface area contributed by atoms with E-state index in [9.17, 15) is 0 Å². The molecule has 0 aliphatic heterocycles. The van der Waals surface area contributed by atoms with Gasteiger partial charge >= 0.3 is 0 Å². The minimum absolute atomic E-state index is 0.616. The molecule has 0 spiro atoms. The lowest BCUT2D eigenvalue weighted by Gasteiger charge is -2.48. The molecular weight excluding hydrogens is 168 g/mol. The lowest BCUT2D eigenvalue weighted by atomic mass is 9.57. The van der Waals surface area contributed by atoms with Gasteiger partial charge in [0.25, 0.3) is 0 Å². The summed E-state index contributed by atoms with van der Waals surface area (Å²) in [7, 11) is 0. The molecule has 1 saturated carbocycles. The van der Waals surface area contributed by atoms with E-state index in [4.69, 9.17) is 0 Å². The normalized spacial score (nSPS) is 44.4. The van der Waals surface area contributed by atoms with Crippen molar-refractivity contribution in [3.05, 3.63) is 0 Å². The molecule has 0 saturated heterocycles. The molecule has 4 unspecified atom stereocenters. The summed E-state index contributed by atoms with van der Waals surface area (Å²) in [6, 6.07) is 0. The Morgan fingerprint density at radius 3 is 2.29 bits per heavy atom. The molecule has 0 aromatic rings. The Kier molecular flexibility index (Phi) is 3.66. The maximum atomic E-state index is 2.49. The van der Waals surface area contributed by atoms with Crippen molar-refractivity contribution >= 4 is 0 Å². The van der Waals surface area contributed by atoms with E-state index in [1.54, 1.807) is 0 Å². The first-order valence-electron chi connectivity index (χ1n) is 6.42. The van der Waals surface area contributed by atoms with Crippen molar-refractivity contribution in [3.63, 3.8) is 0 Å². The second-order valence-corrected chi connectivity index (χ2v) is 6.10. The first-order valence-corrected chi connectivity index (χ1v) is 6.42. The van der Waals surface area contributed by atoms with Crippen LogP contribution in [0.5, 0.6) is 0 Å². The zero-order valence-electron chi connectivity index (χ0n) is 10.9. The van der Waals surface area contributed by atoms with Crippen LogP contribution in [0.3, 0.4) is 0 Å². The van der Waals surface area contributed by atoms with Crippen LogP contribution in [0.1, 0.15) is 60.8 Å². The monoisotopic (exact) mass is 196 g/mol. The third kappa shape index (κ3) is 1.99. The van der Waals surface area contributed by atoms with Crippen molar-refractivity contribution in [1.29, 1.82) is 0 Å². The molecule has 4 atom stereocenters. The van der Waals surface area contributed by atoms with E-state index in [0.29, 0.717) is 5.41 Å². The molecule has 0 heteroatoms. The minimum atomic E-state index is 0.616. The van der Waals surface area contributed by atoms with Gasteiger partial charge in [-0.3, -0.25) is 0 Å². The topological polar surface area (TPSA) is 0 Å². The van der Waals surface area contributed by atoms with Gasteiger partial charge in [0.2, 0.25) is 0 Å². The van der Waals surface area contributed by atoms with Crippen LogP contribution in [0.25, 0.3) is 0 Å². The van der Waals surface area contributed by atoms with Crippen molar-refractivity contribution in [2.24, 2.45) is 29.1 Å². The van der Waals surface area contributed by atoms with Gasteiger partial charge in [0.15, 0.2) is 0 Å². The van der Waals surface area contributed by atoms with Gasteiger partial charge in [0, 0.05) is 0 Å². The molecule has 1 fully saturated rings. The highest BCUT2D eigenvalue weighted by Gasteiger charge is 2.41. The summed E-state index contributed by atoms with van der Waals surface area (Å²) in [4.78, 5) is 0. The lowest BCUT2D eigenvalue weighted by Crippen LogP contribution is -2.40. The van der Waals surface area contributed by atoms with Crippen molar-refractivity contribution < 1.29 is 0 Å². The van der Waals surface area contributed by atoms with Gasteiger partial charge in [-0.2, -0.15) is 0 Å². The molecule has 1 aliphatic carbocycles. The van der Waals surface area contributed by atoms with Gasteiger partial charge in [0.05, 0.1) is 0 Å². The maximum absolute atomic E-state index is 2.49. The second-order valence-electron chi connectivity index (χ2n) is 6.10. The molecule has 0 bridgehead atoms. The Labute approximate surface area is 90.5 Å². The fourth-order valence-corrected chi connectivity index (χ4v) is 3.43. The van der Waals surface area contributed by atoms with Crippen molar-refractivity contribution in [3.8, 4) is 0 Å². The molecule has 1 aliphatic rings. The Bertz CT molecular complexity index is 182. The molecule has 0 aromatic heterocycles. The first-order chi connectivity index (χ1) is 6.42. The van der Waals surface area contributed by atoms with Crippen molar-refractivity contribution in [2.75, 3.05) is 0 Å². The Morgan fingerprint density at radius 2 is 1.86 bits per heavy atom. The highest BCUT2D eigenvalue weighted by molar-refractivity contribution is 4.91. The first kappa shape index (κ1) is 12.1. The van der Waals surface area contributed by atoms with Gasteiger partial charge in [-0.05, 0) is 41.9 Å². The van der Waals surface area contributed by atoms with E-state index in [2.05, 4.69) is 41.5 Å². The van der Waals surface area contributed by atoms with Gasteiger partial charge in [-0.1, -0.05) is 48.0 Å². The Hall–Kier alpha value is 0. The molecule has 0 heterocycles. The molecule has 0 nitrogen and oxygen atoms in total. The fraction of sp³-hybridized carbons (Fsp3) is 1.00. The SMILES string of the molecule is CCC1(C)CCC(C(C)C)C(C)C1C. The number of rotatable bonds is 2. The lowest BCUT2D eigenvalue weighted by molar-refractivity contribution is 0.0149. The smallest absolute Gasteiger partial charge is 0.0300 e. The van der Waals surface area contributed by atoms with Crippen LogP contribution < -0.4 is 0 Å². The van der Waals surface area contributed by atoms with Crippen LogP contribution in [0.2, 0.25) is 0 Å². The van der Waals surface area contributed by atoms with E-state index < -0.39 is 0 Å². The Balaban J connectivity index is 2.74. The van der Waals surface area contributed by atoms with Crippen molar-refractivity contribution in [2.45, 2.75) is 60.8 Å². The molecule has 1 rings (SSSR count). The van der Waals surface area contributed by atoms with E-state index in [1.165, 1.54) is 19.3 Å². The van der Waals surface area contributed by atoms with Crippen molar-refractivity contribution in [1.82, 2.24) is 0 Å². The van der Waals surface area contributed by atoms with Gasteiger partial charge in [-0.15, -0.1) is 0 Å². The predicted octanol–water partition coefficient (Wildman–Crippen LogP) is 4.74. The summed E-state index contributed by atoms with van der Waals surface area (Å²) in [6.45, 7) is 14.6. The summed E-state index contributed by atoms with van der Waals surface area (Å²) in [5, 5.41) is 0. The molecular formula is C14H28. The largest absolute Gasteiger partial charge is 0.0649 e. The number of hydrogen-bond donors (Lipinski definition) is 0. The maximum Gasteiger partial charge on any atom is -0.0300 e. The molecule has 14 heavy (non-hydrogen) atoms. The molecule has 0 aromatic carbocycles. The van der Waals surface area contributed by atoms with E-state index in [0.717, 1.165) is 23.7 Å². The van der Waals surface area contributed by atoms with E-state index >= 15 is 0 Å². The second kappa shape index (κ2) is 4.24. The van der Waals surface area contributed by atoms with E-state index in [-0.39, 0.29) is 0 Å². The summed E-state index contributed by atoms with van der Waals surface area (Å²) in [5.41, 5.74) is 0.616. The predicted molar refractivity (Wildman–Crippen MR) is 64.3 cm³/mol. The van der Waals surface area contributed by atoms with Crippen LogP contribution in [0.15, 0.2) is 0 Å². The quantitative estimate of drug-likeness (QED) is 0.598. The third-order valence-electron chi connectivity index (χ3n) is 5.28. The van der Waals surface area contributed by atoms with Gasteiger partial charge in [-0.25, -0.2) is 0 Å². The summed E-state index contributed by atoms with van der Waals surface area (Å²) in [5.74, 6) is 3.64. The van der Waals surface area contributed by atoms with Gasteiger partial charge in [0.1, 0.15) is 0 Å². The van der Waals surface area contributed by atoms with Crippen LogP contribution >= 0.6 is 0 Å². The molecule has 0 radical (unpaired) electrons. The standard InChI is InChI=1S/C14H28/c1-7-14(6)9-8-13(10(2)3)11(4)12(14)5/h10-13H,7-9H2,1-6H3. The van der Waals surface area contributed by atoms with Crippen LogP contribution in [0, 0.1) is 29.1 Å². The van der Waals surface area contributed by atoms with Crippen LogP contribution in [0.4, 0.5) is 0 Å². The van der Waals surface area contributed by atoms with Crippen LogP contribution in [-0.2, 0) is 0 Å². The Morgan fingerprint density at radius 1 is 1.29 bits per heavy atom. The summed E-state index contributed by atoms with van der Waals surface area (Å²) >= 11 is 0. The number of hydrogen-bond acceptors (Lipinski definition) is 0. The summed E-state index contributed by atoms with van der Waals surface area (Å²) < 4.78 is 0. The average Bonchev–Trinajstić information content (AvgIpc) is 2.14. The fourth-order valence-electron chi connectivity index (χ4n) is 3.43. The highest BCUT2D eigenvalue weighted by atomic mass is 14.5. The van der Waals surface area contributed by atoms with Gasteiger partial charge < -0.3 is 0 Å². The minimum Gasteiger partial charge on any atom is -0.0649 e. The third-order valence-corrected chi connectivity index (χ3v) is 5.28. The molecule has 84 valence electrons. The molecule has 0 amide bonds.